The minimum absolute atomic E-state index is 0.0509. The molecule has 2 saturated heterocycles. The van der Waals surface area contributed by atoms with Crippen molar-refractivity contribution < 1.29 is 28.2 Å². The summed E-state index contributed by atoms with van der Waals surface area (Å²) in [6.45, 7) is 5.67. The number of aliphatic hydroxyl groups is 1. The van der Waals surface area contributed by atoms with Gasteiger partial charge in [-0.2, -0.15) is 10.2 Å². The lowest BCUT2D eigenvalue weighted by Crippen LogP contribution is -2.50. The molecule has 0 spiro atoms. The molecular weight excluding hydrogens is 674 g/mol. The van der Waals surface area contributed by atoms with Crippen LogP contribution >= 0.6 is 0 Å². The second-order valence-electron chi connectivity index (χ2n) is 13.3. The monoisotopic (exact) mass is 714 g/mol. The number of aliphatic hydroxyl groups excluding tert-OH is 1. The maximum absolute atomic E-state index is 15.0. The number of aromatic nitrogens is 6. The zero-order chi connectivity index (χ0) is 36.4. The van der Waals surface area contributed by atoms with E-state index in [1.54, 1.807) is 16.5 Å². The maximum Gasteiger partial charge on any atom is 0.350 e. The van der Waals surface area contributed by atoms with Crippen LogP contribution in [0.4, 0.5) is 20.2 Å². The third-order valence-electron chi connectivity index (χ3n) is 9.85. The zero-order valence-corrected chi connectivity index (χ0v) is 28.9. The van der Waals surface area contributed by atoms with Crippen LogP contribution in [0.25, 0.3) is 5.69 Å². The fraction of sp³-hybridized carbons (Fsp3) is 0.378. The molecule has 1 N–H and O–H groups in total. The molecule has 4 heterocycles. The molecule has 0 saturated carbocycles. The van der Waals surface area contributed by atoms with Gasteiger partial charge < -0.3 is 24.4 Å². The first-order valence-corrected chi connectivity index (χ1v) is 17.3. The van der Waals surface area contributed by atoms with Crippen molar-refractivity contribution in [1.82, 2.24) is 29.1 Å². The first kappa shape index (κ1) is 35.0. The van der Waals surface area contributed by atoms with Crippen molar-refractivity contribution in [3.8, 4) is 11.4 Å². The largest absolute Gasteiger partial charge is 0.493 e. The van der Waals surface area contributed by atoms with Crippen molar-refractivity contribution in [3.05, 3.63) is 113 Å². The molecule has 2 aromatic heterocycles. The minimum Gasteiger partial charge on any atom is -0.493 e. The first-order chi connectivity index (χ1) is 25.1. The SMILES string of the molecule is CC[C@H]([C@H](C)O)n1ncn(-c2ccc(N3CCN(c4ccc(OC[C@H]5CO[C@](Cn6cncn6)(c6ccc(F)cc6F)C5)cc4)C(=O)C3)cc2)c1=O. The fourth-order valence-corrected chi connectivity index (χ4v) is 7.15. The van der Waals surface area contributed by atoms with Crippen molar-refractivity contribution >= 4 is 17.3 Å². The molecule has 1 amide bonds. The molecule has 0 radical (unpaired) electrons. The number of amides is 1. The van der Waals surface area contributed by atoms with E-state index < -0.39 is 29.4 Å². The van der Waals surface area contributed by atoms with Gasteiger partial charge >= 0.3 is 5.69 Å². The van der Waals surface area contributed by atoms with Crippen molar-refractivity contribution in [2.45, 2.75) is 51.0 Å². The van der Waals surface area contributed by atoms with Gasteiger partial charge in [0.2, 0.25) is 5.91 Å². The highest BCUT2D eigenvalue weighted by Crippen LogP contribution is 2.42. The van der Waals surface area contributed by atoms with Gasteiger partial charge in [-0.05, 0) is 74.4 Å². The summed E-state index contributed by atoms with van der Waals surface area (Å²) in [5.74, 6) is -0.836. The average molecular weight is 715 g/mol. The smallest absolute Gasteiger partial charge is 0.350 e. The number of ether oxygens (including phenoxy) is 2. The van der Waals surface area contributed by atoms with Crippen LogP contribution in [0.15, 0.2) is 90.5 Å². The van der Waals surface area contributed by atoms with Crippen LogP contribution in [0.1, 0.15) is 38.3 Å². The van der Waals surface area contributed by atoms with Gasteiger partial charge in [-0.3, -0.25) is 4.79 Å². The predicted molar refractivity (Wildman–Crippen MR) is 187 cm³/mol. The number of anilines is 2. The zero-order valence-electron chi connectivity index (χ0n) is 28.9. The second kappa shape index (κ2) is 14.7. The Hall–Kier alpha value is -5.41. The van der Waals surface area contributed by atoms with Gasteiger partial charge in [-0.25, -0.2) is 32.5 Å². The second-order valence-corrected chi connectivity index (χ2v) is 13.3. The number of carbonyl (C=O) groups excluding carboxylic acids is 1. The predicted octanol–water partition coefficient (Wildman–Crippen LogP) is 4.10. The van der Waals surface area contributed by atoms with E-state index >= 15 is 0 Å². The molecule has 13 nitrogen and oxygen atoms in total. The molecule has 52 heavy (non-hydrogen) atoms. The standard InChI is InChI=1S/C37H40F2N8O5/c1-3-34(25(2)48)47-36(50)46(24-42-47)30-7-5-28(6-8-30)43-14-15-45(35(49)18-43)29-9-11-31(12-10-29)51-19-26-17-37(52-20-26,21-44-23-40-22-41-44)32-13-4-27(38)16-33(32)39/h4-13,16,22-26,34,48H,3,14-15,17-21H2,1-2H3/t25-,26-,34+,37+/m0/s1. The molecule has 3 aromatic carbocycles. The average Bonchev–Trinajstić information content (AvgIpc) is 3.89. The van der Waals surface area contributed by atoms with Crippen molar-refractivity contribution in [3.63, 3.8) is 0 Å². The molecule has 4 atom stereocenters. The lowest BCUT2D eigenvalue weighted by Gasteiger charge is -2.35. The summed E-state index contributed by atoms with van der Waals surface area (Å²) in [5.41, 5.74) is 1.14. The van der Waals surface area contributed by atoms with E-state index in [1.807, 2.05) is 60.4 Å². The Balaban J connectivity index is 0.945. The van der Waals surface area contributed by atoms with Gasteiger partial charge in [0.15, 0.2) is 0 Å². The van der Waals surface area contributed by atoms with E-state index in [0.717, 1.165) is 17.4 Å². The van der Waals surface area contributed by atoms with Crippen molar-refractivity contribution in [2.24, 2.45) is 5.92 Å². The van der Waals surface area contributed by atoms with Crippen LogP contribution in [0.3, 0.4) is 0 Å². The highest BCUT2D eigenvalue weighted by Gasteiger charge is 2.44. The number of benzene rings is 3. The third-order valence-corrected chi connectivity index (χ3v) is 9.85. The van der Waals surface area contributed by atoms with Crippen LogP contribution < -0.4 is 20.2 Å². The number of piperazine rings is 1. The molecule has 0 aliphatic carbocycles. The van der Waals surface area contributed by atoms with Crippen molar-refractivity contribution in [2.75, 3.05) is 42.6 Å². The van der Waals surface area contributed by atoms with Crippen LogP contribution in [-0.4, -0.2) is 79.1 Å². The lowest BCUT2D eigenvalue weighted by atomic mass is 9.87. The Morgan fingerprint density at radius 1 is 0.981 bits per heavy atom. The topological polar surface area (TPSA) is 133 Å². The van der Waals surface area contributed by atoms with E-state index in [4.69, 9.17) is 9.47 Å². The van der Waals surface area contributed by atoms with E-state index in [0.29, 0.717) is 50.6 Å². The van der Waals surface area contributed by atoms with E-state index in [9.17, 15) is 23.5 Å². The third kappa shape index (κ3) is 7.05. The first-order valence-electron chi connectivity index (χ1n) is 17.3. The number of hydrogen-bond donors (Lipinski definition) is 1. The minimum atomic E-state index is -1.06. The summed E-state index contributed by atoms with van der Waals surface area (Å²) in [6.07, 6.45) is 4.67. The number of hydrogen-bond acceptors (Lipinski definition) is 9. The molecule has 272 valence electrons. The van der Waals surface area contributed by atoms with Crippen molar-refractivity contribution in [1.29, 1.82) is 0 Å². The number of rotatable bonds is 12. The van der Waals surface area contributed by atoms with Gasteiger partial charge in [0.1, 0.15) is 42.0 Å². The molecule has 2 fully saturated rings. The van der Waals surface area contributed by atoms with Crippen LogP contribution in [-0.2, 0) is 21.7 Å². The van der Waals surface area contributed by atoms with E-state index in [-0.39, 0.29) is 36.2 Å². The molecule has 0 unspecified atom stereocenters. The van der Waals surface area contributed by atoms with Gasteiger partial charge in [0.05, 0.1) is 44.1 Å². The summed E-state index contributed by atoms with van der Waals surface area (Å²) in [4.78, 5) is 34.0. The Morgan fingerprint density at radius 2 is 1.73 bits per heavy atom. The quantitative estimate of drug-likeness (QED) is 0.203. The summed E-state index contributed by atoms with van der Waals surface area (Å²) in [7, 11) is 0. The Labute approximate surface area is 298 Å². The number of nitrogens with zero attached hydrogens (tertiary/aromatic N) is 8. The normalized spacial score (nSPS) is 20.3. The van der Waals surface area contributed by atoms with Gasteiger partial charge in [-0.1, -0.05) is 13.0 Å². The fourth-order valence-electron chi connectivity index (χ4n) is 7.15. The Bertz CT molecular complexity index is 2050. The maximum atomic E-state index is 15.0. The molecule has 2 aliphatic heterocycles. The number of carbonyl (C=O) groups is 1. The van der Waals surface area contributed by atoms with Crippen LogP contribution in [0, 0.1) is 17.6 Å². The highest BCUT2D eigenvalue weighted by molar-refractivity contribution is 5.97. The van der Waals surface area contributed by atoms with Gasteiger partial charge in [0.25, 0.3) is 0 Å². The molecule has 2 aliphatic rings. The summed E-state index contributed by atoms with van der Waals surface area (Å²) in [5, 5.41) is 18.4. The van der Waals surface area contributed by atoms with E-state index in [1.165, 1.54) is 40.4 Å². The van der Waals surface area contributed by atoms with Crippen LogP contribution in [0.5, 0.6) is 5.75 Å². The molecule has 15 heteroatoms. The Kier molecular flexibility index (Phi) is 9.88. The van der Waals surface area contributed by atoms with E-state index in [2.05, 4.69) is 15.2 Å². The summed E-state index contributed by atoms with van der Waals surface area (Å²) >= 11 is 0. The summed E-state index contributed by atoms with van der Waals surface area (Å²) < 4.78 is 45.3. The molecule has 0 bridgehead atoms. The molecule has 5 aromatic rings. The molecule has 7 rings (SSSR count). The lowest BCUT2D eigenvalue weighted by molar-refractivity contribution is -0.117. The number of halogens is 2. The molecular formula is C37H40F2N8O5. The highest BCUT2D eigenvalue weighted by atomic mass is 19.1. The summed E-state index contributed by atoms with van der Waals surface area (Å²) in [6, 6.07) is 17.8. The Morgan fingerprint density at radius 3 is 2.40 bits per heavy atom. The van der Waals surface area contributed by atoms with Gasteiger partial charge in [0, 0.05) is 42.0 Å². The van der Waals surface area contributed by atoms with Crippen LogP contribution in [0.2, 0.25) is 0 Å². The van der Waals surface area contributed by atoms with Gasteiger partial charge in [-0.15, -0.1) is 0 Å².